The summed E-state index contributed by atoms with van der Waals surface area (Å²) in [7, 11) is -9.93. The number of amides is 1. The van der Waals surface area contributed by atoms with Crippen molar-refractivity contribution in [3.8, 4) is 11.5 Å². The van der Waals surface area contributed by atoms with Crippen LogP contribution in [0.2, 0.25) is 0 Å². The van der Waals surface area contributed by atoms with Gasteiger partial charge in [0.1, 0.15) is 22.8 Å². The fourth-order valence-electron chi connectivity index (χ4n) is 4.33. The first kappa shape index (κ1) is 30.2. The summed E-state index contributed by atoms with van der Waals surface area (Å²) in [6.07, 6.45) is 3.30. The molecule has 0 saturated heterocycles. The minimum Gasteiger partial charge on any atom is -0.404 e. The summed E-state index contributed by atoms with van der Waals surface area (Å²) < 4.78 is 34.6. The standard InChI is InChI=1S/C25H29N5O9P2/c1-3-5-6-21-29-23-24(18-11-15(13-27-22(31)4-2)7-9-19(18)28-25(23)26)30(21)14-16-12-17(38-40(32,33)34)8-10-20(16)39-41(35,36)37/h4,7-12H,2-3,5-6,13-14H2,1H3,(H2,26,28)(H,27,31)(H2,32,33,34)(H2,35,36,37). The number of carbonyl (C=O) groups excluding carboxylic acids is 1. The van der Waals surface area contributed by atoms with Gasteiger partial charge >= 0.3 is 15.6 Å². The zero-order chi connectivity index (χ0) is 29.9. The molecule has 0 aliphatic carbocycles. The molecule has 2 heterocycles. The molecule has 0 aliphatic heterocycles. The minimum atomic E-state index is -5.00. The Bertz CT molecular complexity index is 1730. The van der Waals surface area contributed by atoms with Crippen molar-refractivity contribution in [1.82, 2.24) is 19.9 Å². The monoisotopic (exact) mass is 605 g/mol. The molecule has 2 aromatic carbocycles. The number of aromatic nitrogens is 3. The number of phosphoric ester groups is 2. The predicted molar refractivity (Wildman–Crippen MR) is 151 cm³/mol. The first-order valence-electron chi connectivity index (χ1n) is 12.4. The van der Waals surface area contributed by atoms with E-state index < -0.39 is 15.6 Å². The van der Waals surface area contributed by atoms with Crippen LogP contribution in [0.3, 0.4) is 0 Å². The van der Waals surface area contributed by atoms with Crippen LogP contribution in [0.15, 0.2) is 49.1 Å². The first-order valence-corrected chi connectivity index (χ1v) is 15.4. The number of rotatable bonds is 12. The van der Waals surface area contributed by atoms with E-state index >= 15 is 0 Å². The van der Waals surface area contributed by atoms with E-state index in [-0.39, 0.29) is 41.9 Å². The van der Waals surface area contributed by atoms with E-state index in [1.807, 2.05) is 13.0 Å². The number of anilines is 1. The topological polar surface area (TPSA) is 219 Å². The van der Waals surface area contributed by atoms with Gasteiger partial charge in [-0.15, -0.1) is 0 Å². The number of fused-ring (bicyclic) bond motifs is 3. The van der Waals surface area contributed by atoms with Gasteiger partial charge in [0.15, 0.2) is 5.82 Å². The molecule has 0 saturated carbocycles. The second kappa shape index (κ2) is 12.0. The van der Waals surface area contributed by atoms with Crippen LogP contribution < -0.4 is 20.1 Å². The maximum Gasteiger partial charge on any atom is 0.524 e. The Morgan fingerprint density at radius 3 is 2.49 bits per heavy atom. The Balaban J connectivity index is 1.94. The summed E-state index contributed by atoms with van der Waals surface area (Å²) in [4.78, 5) is 58.5. The smallest absolute Gasteiger partial charge is 0.404 e. The van der Waals surface area contributed by atoms with E-state index in [2.05, 4.69) is 16.9 Å². The zero-order valence-corrected chi connectivity index (χ0v) is 23.7. The van der Waals surface area contributed by atoms with E-state index in [9.17, 15) is 33.5 Å². The molecule has 41 heavy (non-hydrogen) atoms. The molecule has 0 bridgehead atoms. The molecule has 7 N–H and O–H groups in total. The lowest BCUT2D eigenvalue weighted by Crippen LogP contribution is -2.19. The van der Waals surface area contributed by atoms with Gasteiger partial charge in [0.25, 0.3) is 0 Å². The summed E-state index contributed by atoms with van der Waals surface area (Å²) in [5, 5.41) is 3.37. The van der Waals surface area contributed by atoms with Crippen LogP contribution in [0, 0.1) is 0 Å². The highest BCUT2D eigenvalue weighted by Gasteiger charge is 2.24. The molecule has 1 amide bonds. The Hall–Kier alpha value is -3.77. The second-order valence-electron chi connectivity index (χ2n) is 9.12. The van der Waals surface area contributed by atoms with E-state index in [4.69, 9.17) is 19.8 Å². The number of nitrogens with two attached hydrogens (primary N) is 1. The van der Waals surface area contributed by atoms with Crippen molar-refractivity contribution >= 4 is 49.3 Å². The van der Waals surface area contributed by atoms with Crippen LogP contribution in [-0.2, 0) is 33.4 Å². The lowest BCUT2D eigenvalue weighted by atomic mass is 10.1. The van der Waals surface area contributed by atoms with Crippen molar-refractivity contribution in [1.29, 1.82) is 0 Å². The van der Waals surface area contributed by atoms with Gasteiger partial charge in [-0.2, -0.15) is 0 Å². The molecule has 218 valence electrons. The number of imidazole rings is 1. The largest absolute Gasteiger partial charge is 0.524 e. The summed E-state index contributed by atoms with van der Waals surface area (Å²) in [6.45, 7) is 5.59. The Morgan fingerprint density at radius 1 is 1.10 bits per heavy atom. The van der Waals surface area contributed by atoms with E-state index in [1.54, 1.807) is 16.7 Å². The average Bonchev–Trinajstić information content (AvgIpc) is 3.25. The third kappa shape index (κ3) is 7.50. The molecule has 0 radical (unpaired) electrons. The van der Waals surface area contributed by atoms with Gasteiger partial charge < -0.3 is 24.7 Å². The summed E-state index contributed by atoms with van der Waals surface area (Å²) >= 11 is 0. The maximum absolute atomic E-state index is 11.7. The van der Waals surface area contributed by atoms with Crippen LogP contribution >= 0.6 is 15.6 Å². The summed E-state index contributed by atoms with van der Waals surface area (Å²) in [6, 6.07) is 8.87. The predicted octanol–water partition coefficient (Wildman–Crippen LogP) is 3.30. The van der Waals surface area contributed by atoms with Crippen LogP contribution in [0.5, 0.6) is 11.5 Å². The highest BCUT2D eigenvalue weighted by atomic mass is 31.2. The number of unbranched alkanes of at least 4 members (excludes halogenated alkanes) is 1. The van der Waals surface area contributed by atoms with Crippen molar-refractivity contribution in [2.75, 3.05) is 5.73 Å². The van der Waals surface area contributed by atoms with Gasteiger partial charge in [-0.05, 0) is 48.4 Å². The molecular formula is C25H29N5O9P2. The number of nitrogens with one attached hydrogen (secondary N) is 1. The van der Waals surface area contributed by atoms with Crippen LogP contribution in [0.1, 0.15) is 36.7 Å². The molecule has 0 atom stereocenters. The van der Waals surface area contributed by atoms with Crippen molar-refractivity contribution in [2.45, 2.75) is 39.3 Å². The minimum absolute atomic E-state index is 0.0841. The lowest BCUT2D eigenvalue weighted by molar-refractivity contribution is -0.116. The number of benzene rings is 2. The van der Waals surface area contributed by atoms with Crippen molar-refractivity contribution < 1.29 is 42.5 Å². The summed E-state index contributed by atoms with van der Waals surface area (Å²) in [5.74, 6) is -0.0396. The average molecular weight is 605 g/mol. The molecule has 0 unspecified atom stereocenters. The fourth-order valence-corrected chi connectivity index (χ4v) is 5.15. The highest BCUT2D eigenvalue weighted by molar-refractivity contribution is 7.47. The van der Waals surface area contributed by atoms with Gasteiger partial charge in [0.2, 0.25) is 5.91 Å². The number of hydrogen-bond acceptors (Lipinski definition) is 8. The molecule has 16 heteroatoms. The van der Waals surface area contributed by atoms with Gasteiger partial charge in [-0.1, -0.05) is 26.0 Å². The van der Waals surface area contributed by atoms with Crippen molar-refractivity contribution in [3.05, 3.63) is 66.0 Å². The van der Waals surface area contributed by atoms with Gasteiger partial charge in [0, 0.05) is 23.9 Å². The van der Waals surface area contributed by atoms with Crippen LogP contribution in [0.25, 0.3) is 21.9 Å². The quantitative estimate of drug-likeness (QED) is 0.101. The second-order valence-corrected chi connectivity index (χ2v) is 11.4. The van der Waals surface area contributed by atoms with Gasteiger partial charge in [-0.3, -0.25) is 24.4 Å². The number of aryl methyl sites for hydroxylation is 1. The number of nitrogen functional groups attached to an aromatic ring is 1. The molecule has 2 aromatic heterocycles. The molecule has 14 nitrogen and oxygen atoms in total. The highest BCUT2D eigenvalue weighted by Crippen LogP contribution is 2.43. The normalized spacial score (nSPS) is 12.0. The lowest BCUT2D eigenvalue weighted by Gasteiger charge is -2.17. The molecule has 0 aliphatic rings. The number of pyridine rings is 1. The van der Waals surface area contributed by atoms with Crippen LogP contribution in [0.4, 0.5) is 5.82 Å². The van der Waals surface area contributed by atoms with E-state index in [0.717, 1.165) is 36.6 Å². The Kier molecular flexibility index (Phi) is 8.83. The van der Waals surface area contributed by atoms with Gasteiger partial charge in [0.05, 0.1) is 17.6 Å². The molecule has 0 spiro atoms. The number of nitrogens with zero attached hydrogens (tertiary/aromatic N) is 3. The first-order chi connectivity index (χ1) is 19.3. The summed E-state index contributed by atoms with van der Waals surface area (Å²) in [5.41, 5.74) is 8.71. The maximum atomic E-state index is 11.7. The fraction of sp³-hybridized carbons (Fsp3) is 0.240. The molecule has 0 fully saturated rings. The van der Waals surface area contributed by atoms with Crippen molar-refractivity contribution in [3.63, 3.8) is 0 Å². The number of phosphoric acid groups is 2. The van der Waals surface area contributed by atoms with Crippen LogP contribution in [-0.4, -0.2) is 40.0 Å². The Labute approximate surface area is 234 Å². The van der Waals surface area contributed by atoms with E-state index in [1.165, 1.54) is 6.07 Å². The molecule has 4 rings (SSSR count). The third-order valence-corrected chi connectivity index (χ3v) is 6.94. The number of carbonyl (C=O) groups is 1. The zero-order valence-electron chi connectivity index (χ0n) is 21.9. The third-order valence-electron chi connectivity index (χ3n) is 6.05. The van der Waals surface area contributed by atoms with Gasteiger partial charge in [-0.25, -0.2) is 19.1 Å². The molecule has 4 aromatic rings. The SMILES string of the molecule is C=CC(=O)NCc1ccc2nc(N)c3nc(CCCC)n(Cc4cc(OP(=O)(O)O)ccc4OP(=O)(O)O)c3c2c1. The van der Waals surface area contributed by atoms with E-state index in [0.29, 0.717) is 34.2 Å². The number of hydrogen-bond donors (Lipinski definition) is 6. The van der Waals surface area contributed by atoms with Crippen molar-refractivity contribution in [2.24, 2.45) is 0 Å². The Morgan fingerprint density at radius 2 is 1.83 bits per heavy atom. The molecular weight excluding hydrogens is 576 g/mol.